The maximum absolute atomic E-state index is 3.78. The highest BCUT2D eigenvalue weighted by molar-refractivity contribution is 9.09. The third-order valence-corrected chi connectivity index (χ3v) is 8.03. The Labute approximate surface area is 135 Å². The van der Waals surface area contributed by atoms with E-state index in [2.05, 4.69) is 52.0 Å². The van der Waals surface area contributed by atoms with Crippen molar-refractivity contribution in [2.45, 2.75) is 60.3 Å². The van der Waals surface area contributed by atoms with Crippen LogP contribution < -0.4 is 0 Å². The van der Waals surface area contributed by atoms with Gasteiger partial charge in [-0.1, -0.05) is 51.4 Å². The molecule has 1 saturated heterocycles. The molecule has 0 bridgehead atoms. The van der Waals surface area contributed by atoms with Gasteiger partial charge in [0.05, 0.1) is 0 Å². The van der Waals surface area contributed by atoms with Crippen LogP contribution in [0.5, 0.6) is 0 Å². The van der Waals surface area contributed by atoms with Crippen molar-refractivity contribution in [3.63, 3.8) is 0 Å². The standard InChI is InChI=1S/C18H23BrS/c19-13-10-8-12(9-11-13)14-5-3-6-16-15-4-1-2-7-17(15)20-18(14)16/h2,6-8,13-15,17-18H,1,3-5,9-11H2. The minimum atomic E-state index is 0.728. The van der Waals surface area contributed by atoms with Crippen LogP contribution in [0.2, 0.25) is 0 Å². The Morgan fingerprint density at radius 2 is 1.95 bits per heavy atom. The van der Waals surface area contributed by atoms with Crippen LogP contribution in [0, 0.1) is 11.8 Å². The molecule has 0 amide bonds. The molecule has 1 aliphatic heterocycles. The van der Waals surface area contributed by atoms with E-state index in [0.29, 0.717) is 0 Å². The van der Waals surface area contributed by atoms with E-state index in [9.17, 15) is 0 Å². The van der Waals surface area contributed by atoms with Crippen LogP contribution in [-0.4, -0.2) is 15.3 Å². The van der Waals surface area contributed by atoms with Crippen LogP contribution >= 0.6 is 27.7 Å². The average molecular weight is 351 g/mol. The maximum atomic E-state index is 3.78. The summed E-state index contributed by atoms with van der Waals surface area (Å²) in [7, 11) is 0. The number of rotatable bonds is 1. The number of allylic oxidation sites excluding steroid dienone is 4. The molecule has 5 unspecified atom stereocenters. The Balaban J connectivity index is 1.58. The summed E-state index contributed by atoms with van der Waals surface area (Å²) in [6, 6.07) is 0. The molecule has 2 heteroatoms. The monoisotopic (exact) mass is 350 g/mol. The number of hydrogen-bond donors (Lipinski definition) is 0. The fraction of sp³-hybridized carbons (Fsp3) is 0.667. The van der Waals surface area contributed by atoms with Crippen molar-refractivity contribution in [3.05, 3.63) is 35.5 Å². The van der Waals surface area contributed by atoms with Gasteiger partial charge >= 0.3 is 0 Å². The van der Waals surface area contributed by atoms with Gasteiger partial charge in [0.25, 0.3) is 0 Å². The summed E-state index contributed by atoms with van der Waals surface area (Å²) in [4.78, 5) is 0.728. The van der Waals surface area contributed by atoms with Gasteiger partial charge in [-0.25, -0.2) is 0 Å². The first-order valence-electron chi connectivity index (χ1n) is 8.18. The van der Waals surface area contributed by atoms with Crippen molar-refractivity contribution in [2.75, 3.05) is 0 Å². The largest absolute Gasteiger partial charge is 0.145 e. The summed E-state index contributed by atoms with van der Waals surface area (Å²) in [5.74, 6) is 1.71. The molecule has 0 aromatic carbocycles. The van der Waals surface area contributed by atoms with Gasteiger partial charge in [-0.15, -0.1) is 11.8 Å². The lowest BCUT2D eigenvalue weighted by atomic mass is 9.74. The first kappa shape index (κ1) is 13.7. The second-order valence-corrected chi connectivity index (χ2v) is 9.29. The van der Waals surface area contributed by atoms with Crippen LogP contribution in [0.15, 0.2) is 35.5 Å². The van der Waals surface area contributed by atoms with Crippen LogP contribution in [0.25, 0.3) is 0 Å². The molecule has 1 fully saturated rings. The topological polar surface area (TPSA) is 0 Å². The number of fused-ring (bicyclic) bond motifs is 3. The summed E-state index contributed by atoms with van der Waals surface area (Å²) in [6.07, 6.45) is 19.4. The molecule has 0 spiro atoms. The van der Waals surface area contributed by atoms with Crippen molar-refractivity contribution in [1.82, 2.24) is 0 Å². The molecule has 3 aliphatic carbocycles. The third-order valence-electron chi connectivity index (χ3n) is 5.51. The van der Waals surface area contributed by atoms with Gasteiger partial charge in [-0.2, -0.15) is 0 Å². The molecule has 0 radical (unpaired) electrons. The van der Waals surface area contributed by atoms with Crippen molar-refractivity contribution in [1.29, 1.82) is 0 Å². The van der Waals surface area contributed by atoms with Crippen LogP contribution in [0.1, 0.15) is 44.9 Å². The normalized spacial score (nSPS) is 43.5. The fourth-order valence-electron chi connectivity index (χ4n) is 4.47. The smallest absolute Gasteiger partial charge is 0.0331 e. The first-order valence-corrected chi connectivity index (χ1v) is 10.0. The van der Waals surface area contributed by atoms with E-state index >= 15 is 0 Å². The zero-order chi connectivity index (χ0) is 13.5. The van der Waals surface area contributed by atoms with Crippen molar-refractivity contribution in [2.24, 2.45) is 11.8 Å². The quantitative estimate of drug-likeness (QED) is 0.435. The summed E-state index contributed by atoms with van der Waals surface area (Å²) in [5, 5.41) is 1.59. The molecular formula is C18H23BrS. The molecule has 0 N–H and O–H groups in total. The number of halogens is 1. The molecule has 4 aliphatic rings. The van der Waals surface area contributed by atoms with E-state index in [1.54, 1.807) is 5.57 Å². The highest BCUT2D eigenvalue weighted by Crippen LogP contribution is 2.54. The van der Waals surface area contributed by atoms with Crippen LogP contribution in [0.3, 0.4) is 0 Å². The second kappa shape index (κ2) is 5.68. The zero-order valence-electron chi connectivity index (χ0n) is 11.9. The van der Waals surface area contributed by atoms with E-state index in [0.717, 1.165) is 27.2 Å². The number of thioether (sulfide) groups is 1. The molecule has 0 saturated carbocycles. The van der Waals surface area contributed by atoms with Crippen LogP contribution in [-0.2, 0) is 0 Å². The minimum absolute atomic E-state index is 0.728. The average Bonchev–Trinajstić information content (AvgIpc) is 2.87. The van der Waals surface area contributed by atoms with E-state index in [1.807, 2.05) is 5.57 Å². The van der Waals surface area contributed by atoms with Gasteiger partial charge in [0.1, 0.15) is 0 Å². The minimum Gasteiger partial charge on any atom is -0.145 e. The Hall–Kier alpha value is 0.0500. The van der Waals surface area contributed by atoms with Gasteiger partial charge in [0.15, 0.2) is 0 Å². The van der Waals surface area contributed by atoms with Crippen molar-refractivity contribution in [3.8, 4) is 0 Å². The lowest BCUT2D eigenvalue weighted by Crippen LogP contribution is -2.25. The Bertz CT molecular complexity index is 476. The molecule has 5 atom stereocenters. The summed E-state index contributed by atoms with van der Waals surface area (Å²) in [6.45, 7) is 0. The third kappa shape index (κ3) is 2.37. The van der Waals surface area contributed by atoms with Crippen LogP contribution in [0.4, 0.5) is 0 Å². The van der Waals surface area contributed by atoms with E-state index in [-0.39, 0.29) is 0 Å². The number of hydrogen-bond acceptors (Lipinski definition) is 1. The summed E-state index contributed by atoms with van der Waals surface area (Å²) < 4.78 is 0. The first-order chi connectivity index (χ1) is 9.83. The lowest BCUT2D eigenvalue weighted by Gasteiger charge is -2.33. The van der Waals surface area contributed by atoms with Gasteiger partial charge in [-0.3, -0.25) is 0 Å². The predicted octanol–water partition coefficient (Wildman–Crippen LogP) is 5.65. The summed E-state index contributed by atoms with van der Waals surface area (Å²) in [5.41, 5.74) is 3.61. The Morgan fingerprint density at radius 1 is 1.05 bits per heavy atom. The Kier molecular flexibility index (Phi) is 3.89. The maximum Gasteiger partial charge on any atom is 0.0331 e. The Morgan fingerprint density at radius 3 is 2.80 bits per heavy atom. The zero-order valence-corrected chi connectivity index (χ0v) is 14.3. The molecule has 0 aromatic rings. The SMILES string of the molecule is BrC1CC=C(C2CCC=C3C4CCC=CC4SC32)CC1. The van der Waals surface area contributed by atoms with Gasteiger partial charge < -0.3 is 0 Å². The van der Waals surface area contributed by atoms with Crippen molar-refractivity contribution < 1.29 is 0 Å². The van der Waals surface area contributed by atoms with Gasteiger partial charge in [0, 0.05) is 15.3 Å². The highest BCUT2D eigenvalue weighted by Gasteiger charge is 2.44. The summed E-state index contributed by atoms with van der Waals surface area (Å²) >= 11 is 6.05. The molecule has 1 heterocycles. The lowest BCUT2D eigenvalue weighted by molar-refractivity contribution is 0.475. The van der Waals surface area contributed by atoms with Gasteiger partial charge in [-0.05, 0) is 56.8 Å². The highest BCUT2D eigenvalue weighted by atomic mass is 79.9. The molecular weight excluding hydrogens is 328 g/mol. The van der Waals surface area contributed by atoms with E-state index < -0.39 is 0 Å². The predicted molar refractivity (Wildman–Crippen MR) is 92.5 cm³/mol. The fourth-order valence-corrected chi connectivity index (χ4v) is 6.84. The molecule has 0 aromatic heterocycles. The number of alkyl halides is 1. The second-order valence-electron chi connectivity index (χ2n) is 6.67. The molecule has 0 nitrogen and oxygen atoms in total. The molecule has 20 heavy (non-hydrogen) atoms. The molecule has 4 rings (SSSR count). The van der Waals surface area contributed by atoms with Crippen molar-refractivity contribution >= 4 is 27.7 Å². The molecule has 108 valence electrons. The van der Waals surface area contributed by atoms with E-state index in [1.165, 1.54) is 44.9 Å². The van der Waals surface area contributed by atoms with Gasteiger partial charge in [0.2, 0.25) is 0 Å². The van der Waals surface area contributed by atoms with E-state index in [4.69, 9.17) is 0 Å².